The van der Waals surface area contributed by atoms with Gasteiger partial charge in [0.25, 0.3) is 0 Å². The Morgan fingerprint density at radius 2 is 1.93 bits per heavy atom. The summed E-state index contributed by atoms with van der Waals surface area (Å²) in [6, 6.07) is 14.3. The van der Waals surface area contributed by atoms with Crippen LogP contribution in [-0.4, -0.2) is 27.7 Å². The van der Waals surface area contributed by atoms with Crippen LogP contribution >= 0.6 is 0 Å². The number of fused-ring (bicyclic) bond motifs is 1. The third-order valence-electron chi connectivity index (χ3n) is 5.48. The summed E-state index contributed by atoms with van der Waals surface area (Å²) in [5.74, 6) is 0.876. The number of nitrogens with two attached hydrogens (primary N) is 1. The molecule has 148 valence electrons. The fourth-order valence-corrected chi connectivity index (χ4v) is 3.66. The lowest BCUT2D eigenvalue weighted by atomic mass is 10.0. The van der Waals surface area contributed by atoms with Gasteiger partial charge in [0.05, 0.1) is 21.2 Å². The molecule has 0 radical (unpaired) electrons. The van der Waals surface area contributed by atoms with Gasteiger partial charge >= 0.3 is 5.63 Å². The number of ether oxygens (including phenoxy) is 1. The minimum absolute atomic E-state index is 0.285. The predicted molar refractivity (Wildman–Crippen MR) is 111 cm³/mol. The van der Waals surface area contributed by atoms with Crippen molar-refractivity contribution in [3.05, 3.63) is 75.1 Å². The minimum atomic E-state index is -0.285. The van der Waals surface area contributed by atoms with Crippen molar-refractivity contribution in [2.24, 2.45) is 0 Å². The quantitative estimate of drug-likeness (QED) is 0.607. The molecule has 0 spiro atoms. The van der Waals surface area contributed by atoms with Gasteiger partial charge < -0.3 is 19.4 Å². The van der Waals surface area contributed by atoms with Crippen molar-refractivity contribution >= 4 is 11.0 Å². The largest absolute Gasteiger partial charge is 0.497 e. The van der Waals surface area contributed by atoms with E-state index < -0.39 is 0 Å². The molecule has 0 saturated heterocycles. The molecule has 1 aromatic heterocycles. The van der Waals surface area contributed by atoms with Crippen molar-refractivity contribution in [2.75, 3.05) is 27.7 Å². The maximum Gasteiger partial charge on any atom is 0.336 e. The summed E-state index contributed by atoms with van der Waals surface area (Å²) in [6.45, 7) is 5.68. The Bertz CT molecular complexity index is 1020. The maximum atomic E-state index is 12.1. The Morgan fingerprint density at radius 3 is 2.64 bits per heavy atom. The van der Waals surface area contributed by atoms with E-state index in [4.69, 9.17) is 9.15 Å². The molecule has 2 aromatic carbocycles. The topological polar surface area (TPSA) is 60.5 Å². The molecule has 1 heterocycles. The zero-order valence-corrected chi connectivity index (χ0v) is 17.3. The van der Waals surface area contributed by atoms with Gasteiger partial charge in [-0.05, 0) is 37.1 Å². The Labute approximate surface area is 165 Å². The Balaban J connectivity index is 1.81. The Hall–Kier alpha value is -2.63. The molecular weight excluding hydrogens is 352 g/mol. The molecule has 0 aliphatic carbocycles. The molecule has 0 unspecified atom stereocenters. The highest BCUT2D eigenvalue weighted by atomic mass is 16.5. The SMILES string of the molecule is COc1cccc([C@H](C[NH2+]Cc2cc(=O)oc3c(C)c(C)ccc23)[NH+](C)C)c1. The molecule has 5 nitrogen and oxygen atoms in total. The monoisotopic (exact) mass is 382 g/mol. The maximum absolute atomic E-state index is 12.1. The van der Waals surface area contributed by atoms with Gasteiger partial charge in [0.1, 0.15) is 24.4 Å². The molecule has 0 fully saturated rings. The molecule has 3 rings (SSSR count). The van der Waals surface area contributed by atoms with E-state index in [1.54, 1.807) is 13.2 Å². The van der Waals surface area contributed by atoms with Gasteiger partial charge in [-0.25, -0.2) is 4.79 Å². The lowest BCUT2D eigenvalue weighted by Crippen LogP contribution is -3.09. The Kier molecular flexibility index (Phi) is 6.17. The molecule has 28 heavy (non-hydrogen) atoms. The van der Waals surface area contributed by atoms with Crippen LogP contribution < -0.4 is 20.6 Å². The molecule has 0 saturated carbocycles. The van der Waals surface area contributed by atoms with Crippen LogP contribution in [0.1, 0.15) is 28.3 Å². The van der Waals surface area contributed by atoms with Crippen LogP contribution in [0.2, 0.25) is 0 Å². The number of hydrogen-bond donors (Lipinski definition) is 2. The predicted octanol–water partition coefficient (Wildman–Crippen LogP) is 1.37. The number of methoxy groups -OCH3 is 1. The average Bonchev–Trinajstić information content (AvgIpc) is 2.68. The summed E-state index contributed by atoms with van der Waals surface area (Å²) in [6.07, 6.45) is 0. The number of benzene rings is 2. The van der Waals surface area contributed by atoms with Gasteiger partial charge in [0.15, 0.2) is 6.04 Å². The van der Waals surface area contributed by atoms with E-state index in [0.29, 0.717) is 11.6 Å². The summed E-state index contributed by atoms with van der Waals surface area (Å²) in [4.78, 5) is 13.4. The highest BCUT2D eigenvalue weighted by Gasteiger charge is 2.21. The number of rotatable bonds is 7. The van der Waals surface area contributed by atoms with Gasteiger partial charge in [-0.2, -0.15) is 0 Å². The summed E-state index contributed by atoms with van der Waals surface area (Å²) in [5, 5.41) is 3.29. The van der Waals surface area contributed by atoms with Gasteiger partial charge in [-0.3, -0.25) is 0 Å². The van der Waals surface area contributed by atoms with Gasteiger partial charge in [-0.1, -0.05) is 24.3 Å². The van der Waals surface area contributed by atoms with E-state index in [1.807, 2.05) is 26.0 Å². The normalized spacial score (nSPS) is 12.5. The van der Waals surface area contributed by atoms with Crippen molar-refractivity contribution in [3.63, 3.8) is 0 Å². The second-order valence-electron chi connectivity index (χ2n) is 7.61. The molecule has 3 N–H and O–H groups in total. The number of quaternary nitrogens is 2. The third-order valence-corrected chi connectivity index (χ3v) is 5.48. The van der Waals surface area contributed by atoms with Crippen LogP contribution in [0.4, 0.5) is 0 Å². The lowest BCUT2D eigenvalue weighted by molar-refractivity contribution is -0.910. The molecule has 0 aliphatic rings. The molecule has 0 amide bonds. The molecule has 3 aromatic rings. The third kappa shape index (κ3) is 4.26. The van der Waals surface area contributed by atoms with Crippen LogP contribution in [0, 0.1) is 13.8 Å². The summed E-state index contributed by atoms with van der Waals surface area (Å²) < 4.78 is 10.9. The number of aryl methyl sites for hydroxylation is 2. The molecular formula is C23H30N2O3+2. The molecule has 5 heteroatoms. The zero-order valence-electron chi connectivity index (χ0n) is 17.3. The van der Waals surface area contributed by atoms with Crippen molar-refractivity contribution in [3.8, 4) is 5.75 Å². The van der Waals surface area contributed by atoms with E-state index in [2.05, 4.69) is 43.7 Å². The molecule has 0 bridgehead atoms. The summed E-state index contributed by atoms with van der Waals surface area (Å²) >= 11 is 0. The van der Waals surface area contributed by atoms with Crippen molar-refractivity contribution < 1.29 is 19.4 Å². The molecule has 0 aliphatic heterocycles. The summed E-state index contributed by atoms with van der Waals surface area (Å²) in [5.41, 5.74) is 4.85. The van der Waals surface area contributed by atoms with Crippen LogP contribution in [0.25, 0.3) is 11.0 Å². The summed E-state index contributed by atoms with van der Waals surface area (Å²) in [7, 11) is 6.02. The van der Waals surface area contributed by atoms with Crippen LogP contribution in [0.15, 0.2) is 51.7 Å². The van der Waals surface area contributed by atoms with Gasteiger partial charge in [-0.15, -0.1) is 0 Å². The van der Waals surface area contributed by atoms with Crippen LogP contribution in [0.3, 0.4) is 0 Å². The second-order valence-corrected chi connectivity index (χ2v) is 7.61. The highest BCUT2D eigenvalue weighted by molar-refractivity contribution is 5.83. The first kappa shape index (κ1) is 20.1. The molecule has 1 atom stereocenters. The van der Waals surface area contributed by atoms with Crippen molar-refractivity contribution in [1.82, 2.24) is 0 Å². The van der Waals surface area contributed by atoms with Gasteiger partial charge in [0, 0.05) is 22.6 Å². The van der Waals surface area contributed by atoms with Crippen LogP contribution in [0.5, 0.6) is 5.75 Å². The van der Waals surface area contributed by atoms with Crippen molar-refractivity contribution in [2.45, 2.75) is 26.4 Å². The van der Waals surface area contributed by atoms with Gasteiger partial charge in [0.2, 0.25) is 0 Å². The van der Waals surface area contributed by atoms with E-state index >= 15 is 0 Å². The first-order valence-corrected chi connectivity index (χ1v) is 9.69. The average molecular weight is 383 g/mol. The van der Waals surface area contributed by atoms with E-state index in [9.17, 15) is 4.79 Å². The second kappa shape index (κ2) is 8.59. The highest BCUT2D eigenvalue weighted by Crippen LogP contribution is 2.22. The van der Waals surface area contributed by atoms with E-state index in [0.717, 1.165) is 40.9 Å². The standard InChI is InChI=1S/C23H28N2O3/c1-15-9-10-20-18(12-22(26)28-23(20)16(15)2)13-24-14-21(25(3)4)17-7-6-8-19(11-17)27-5/h6-12,21,24H,13-14H2,1-5H3/p+2/t21-/m0/s1. The Morgan fingerprint density at radius 1 is 1.14 bits per heavy atom. The number of nitrogens with one attached hydrogen (secondary N) is 1. The number of likely N-dealkylation sites (N-methyl/N-ethyl adjacent to an activating group) is 1. The smallest absolute Gasteiger partial charge is 0.336 e. The van der Waals surface area contributed by atoms with Crippen molar-refractivity contribution in [1.29, 1.82) is 0 Å². The fourth-order valence-electron chi connectivity index (χ4n) is 3.66. The van der Waals surface area contributed by atoms with E-state index in [1.165, 1.54) is 10.5 Å². The van der Waals surface area contributed by atoms with E-state index in [-0.39, 0.29) is 5.63 Å². The first-order valence-electron chi connectivity index (χ1n) is 9.69. The zero-order chi connectivity index (χ0) is 20.3. The van der Waals surface area contributed by atoms with Crippen LogP contribution in [-0.2, 0) is 6.54 Å². The first-order chi connectivity index (χ1) is 13.4. The number of hydrogen-bond acceptors (Lipinski definition) is 3. The minimum Gasteiger partial charge on any atom is -0.497 e. The lowest BCUT2D eigenvalue weighted by Gasteiger charge is -2.21. The fraction of sp³-hybridized carbons (Fsp3) is 0.348.